The average molecular weight is 280 g/mol. The van der Waals surface area contributed by atoms with Gasteiger partial charge in [-0.3, -0.25) is 4.90 Å². The molecule has 2 heteroatoms. The lowest BCUT2D eigenvalue weighted by Crippen LogP contribution is -2.38. The zero-order chi connectivity index (χ0) is 14.7. The summed E-state index contributed by atoms with van der Waals surface area (Å²) in [4.78, 5) is 2.52. The molecule has 110 valence electrons. The van der Waals surface area contributed by atoms with Crippen LogP contribution in [0.3, 0.4) is 0 Å². The van der Waals surface area contributed by atoms with Crippen LogP contribution in [0.1, 0.15) is 35.2 Å². The Hall–Kier alpha value is -1.64. The summed E-state index contributed by atoms with van der Waals surface area (Å²) in [5.74, 6) is 0. The fourth-order valence-electron chi connectivity index (χ4n) is 3.28. The third kappa shape index (κ3) is 3.02. The molecule has 0 bridgehead atoms. The topological polar surface area (TPSA) is 29.3 Å². The molecule has 0 spiro atoms. The van der Waals surface area contributed by atoms with Crippen molar-refractivity contribution in [1.82, 2.24) is 4.90 Å². The van der Waals surface area contributed by atoms with E-state index in [9.17, 15) is 0 Å². The highest BCUT2D eigenvalue weighted by molar-refractivity contribution is 5.33. The summed E-state index contributed by atoms with van der Waals surface area (Å²) in [6, 6.07) is 18.1. The van der Waals surface area contributed by atoms with Crippen LogP contribution >= 0.6 is 0 Å². The van der Waals surface area contributed by atoms with Gasteiger partial charge in [0.2, 0.25) is 0 Å². The summed E-state index contributed by atoms with van der Waals surface area (Å²) in [5, 5.41) is 0. The maximum atomic E-state index is 6.07. The van der Waals surface area contributed by atoms with Crippen LogP contribution in [0.4, 0.5) is 0 Å². The maximum absolute atomic E-state index is 6.07. The summed E-state index contributed by atoms with van der Waals surface area (Å²) in [6.45, 7) is 4.96. The van der Waals surface area contributed by atoms with E-state index in [-0.39, 0.29) is 0 Å². The predicted molar refractivity (Wildman–Crippen MR) is 88.2 cm³/mol. The van der Waals surface area contributed by atoms with Crippen molar-refractivity contribution in [2.45, 2.75) is 32.4 Å². The SMILES string of the molecule is CCc1ccc(CN2CCc3ccccc3C2CN)cc1. The van der Waals surface area contributed by atoms with Crippen LogP contribution in [-0.4, -0.2) is 18.0 Å². The number of fused-ring (bicyclic) bond motifs is 1. The summed E-state index contributed by atoms with van der Waals surface area (Å²) >= 11 is 0. The Balaban J connectivity index is 1.79. The maximum Gasteiger partial charge on any atom is 0.0476 e. The van der Waals surface area contributed by atoms with Crippen molar-refractivity contribution in [3.05, 3.63) is 70.8 Å². The molecule has 1 unspecified atom stereocenters. The highest BCUT2D eigenvalue weighted by atomic mass is 15.2. The molecule has 2 N–H and O–H groups in total. The van der Waals surface area contributed by atoms with Gasteiger partial charge in [0.15, 0.2) is 0 Å². The molecule has 0 saturated carbocycles. The minimum Gasteiger partial charge on any atom is -0.329 e. The van der Waals surface area contributed by atoms with Gasteiger partial charge in [-0.15, -0.1) is 0 Å². The minimum absolute atomic E-state index is 0.348. The molecule has 0 fully saturated rings. The highest BCUT2D eigenvalue weighted by Gasteiger charge is 2.25. The quantitative estimate of drug-likeness (QED) is 0.931. The van der Waals surface area contributed by atoms with Crippen molar-refractivity contribution in [2.75, 3.05) is 13.1 Å². The third-order valence-electron chi connectivity index (χ3n) is 4.56. The van der Waals surface area contributed by atoms with E-state index in [4.69, 9.17) is 5.73 Å². The molecule has 1 heterocycles. The van der Waals surface area contributed by atoms with Gasteiger partial charge in [0.1, 0.15) is 0 Å². The van der Waals surface area contributed by atoms with E-state index in [0.29, 0.717) is 12.6 Å². The first kappa shape index (κ1) is 14.3. The van der Waals surface area contributed by atoms with Crippen LogP contribution in [0.25, 0.3) is 0 Å². The van der Waals surface area contributed by atoms with E-state index in [1.54, 1.807) is 0 Å². The molecule has 2 nitrogen and oxygen atoms in total. The molecule has 0 radical (unpaired) electrons. The number of hydrogen-bond acceptors (Lipinski definition) is 2. The van der Waals surface area contributed by atoms with Crippen LogP contribution in [0.2, 0.25) is 0 Å². The second-order valence-corrected chi connectivity index (χ2v) is 5.84. The lowest BCUT2D eigenvalue weighted by molar-refractivity contribution is 0.181. The zero-order valence-corrected chi connectivity index (χ0v) is 12.8. The number of nitrogens with zero attached hydrogens (tertiary/aromatic N) is 1. The molecule has 21 heavy (non-hydrogen) atoms. The Morgan fingerprint density at radius 3 is 2.48 bits per heavy atom. The average Bonchev–Trinajstić information content (AvgIpc) is 2.55. The molecule has 0 aliphatic carbocycles. The zero-order valence-electron chi connectivity index (χ0n) is 12.8. The Morgan fingerprint density at radius 1 is 1.05 bits per heavy atom. The van der Waals surface area contributed by atoms with E-state index in [1.807, 2.05) is 0 Å². The Morgan fingerprint density at radius 2 is 1.76 bits per heavy atom. The molecule has 0 aromatic heterocycles. The fourth-order valence-corrected chi connectivity index (χ4v) is 3.28. The van der Waals surface area contributed by atoms with Crippen LogP contribution in [0.15, 0.2) is 48.5 Å². The molecule has 2 aromatic rings. The van der Waals surface area contributed by atoms with Gasteiger partial charge in [0.05, 0.1) is 0 Å². The second-order valence-electron chi connectivity index (χ2n) is 5.84. The molecule has 3 rings (SSSR count). The van der Waals surface area contributed by atoms with Crippen molar-refractivity contribution >= 4 is 0 Å². The van der Waals surface area contributed by atoms with Crippen LogP contribution in [0, 0.1) is 0 Å². The van der Waals surface area contributed by atoms with Crippen molar-refractivity contribution < 1.29 is 0 Å². The first-order valence-corrected chi connectivity index (χ1v) is 7.91. The first-order valence-electron chi connectivity index (χ1n) is 7.91. The van der Waals surface area contributed by atoms with Gasteiger partial charge in [0, 0.05) is 25.7 Å². The summed E-state index contributed by atoms with van der Waals surface area (Å²) < 4.78 is 0. The smallest absolute Gasteiger partial charge is 0.0476 e. The highest BCUT2D eigenvalue weighted by Crippen LogP contribution is 2.30. The van der Waals surface area contributed by atoms with Gasteiger partial charge in [-0.25, -0.2) is 0 Å². The number of rotatable bonds is 4. The monoisotopic (exact) mass is 280 g/mol. The molecule has 0 amide bonds. The van der Waals surface area contributed by atoms with Crippen molar-refractivity contribution in [3.8, 4) is 0 Å². The largest absolute Gasteiger partial charge is 0.329 e. The van der Waals surface area contributed by atoms with E-state index < -0.39 is 0 Å². The molecular formula is C19H24N2. The van der Waals surface area contributed by atoms with Crippen molar-refractivity contribution in [2.24, 2.45) is 5.73 Å². The van der Waals surface area contributed by atoms with E-state index in [2.05, 4.69) is 60.4 Å². The predicted octanol–water partition coefficient (Wildman–Crippen LogP) is 3.31. The van der Waals surface area contributed by atoms with Crippen molar-refractivity contribution in [1.29, 1.82) is 0 Å². The third-order valence-corrected chi connectivity index (χ3v) is 4.56. The lowest BCUT2D eigenvalue weighted by atomic mass is 9.92. The number of benzene rings is 2. The van der Waals surface area contributed by atoms with Gasteiger partial charge in [-0.05, 0) is 35.1 Å². The van der Waals surface area contributed by atoms with Crippen molar-refractivity contribution in [3.63, 3.8) is 0 Å². The normalized spacial score (nSPS) is 18.5. The number of nitrogens with two attached hydrogens (primary N) is 1. The van der Waals surface area contributed by atoms with Gasteiger partial charge in [-0.2, -0.15) is 0 Å². The number of aryl methyl sites for hydroxylation is 1. The second kappa shape index (κ2) is 6.42. The number of hydrogen-bond donors (Lipinski definition) is 1. The molecule has 2 aromatic carbocycles. The van der Waals surface area contributed by atoms with Crippen LogP contribution < -0.4 is 5.73 Å². The van der Waals surface area contributed by atoms with E-state index in [1.165, 1.54) is 22.3 Å². The van der Waals surface area contributed by atoms with Gasteiger partial charge >= 0.3 is 0 Å². The molecule has 0 saturated heterocycles. The van der Waals surface area contributed by atoms with Gasteiger partial charge in [-0.1, -0.05) is 55.5 Å². The molecule has 1 atom stereocenters. The Kier molecular flexibility index (Phi) is 4.37. The van der Waals surface area contributed by atoms with Gasteiger partial charge in [0.25, 0.3) is 0 Å². The summed E-state index contributed by atoms with van der Waals surface area (Å²) in [7, 11) is 0. The van der Waals surface area contributed by atoms with Crippen LogP contribution in [-0.2, 0) is 19.4 Å². The molecule has 1 aliphatic heterocycles. The first-order chi connectivity index (χ1) is 10.3. The fraction of sp³-hybridized carbons (Fsp3) is 0.368. The molecular weight excluding hydrogens is 256 g/mol. The minimum atomic E-state index is 0.348. The lowest BCUT2D eigenvalue weighted by Gasteiger charge is -2.36. The van der Waals surface area contributed by atoms with Crippen LogP contribution in [0.5, 0.6) is 0 Å². The van der Waals surface area contributed by atoms with E-state index >= 15 is 0 Å². The Labute approximate surface area is 127 Å². The summed E-state index contributed by atoms with van der Waals surface area (Å²) in [6.07, 6.45) is 2.22. The standard InChI is InChI=1S/C19H24N2/c1-2-15-7-9-16(10-8-15)14-21-12-11-17-5-3-4-6-18(17)19(21)13-20/h3-10,19H,2,11-14,20H2,1H3. The Bertz CT molecular complexity index is 589. The van der Waals surface area contributed by atoms with E-state index in [0.717, 1.165) is 25.9 Å². The van der Waals surface area contributed by atoms with Gasteiger partial charge < -0.3 is 5.73 Å². The molecule has 1 aliphatic rings. The summed E-state index contributed by atoms with van der Waals surface area (Å²) in [5.41, 5.74) is 11.7.